The number of unbranched alkanes of at least 4 members (excludes halogenated alkanes) is 16. The minimum atomic E-state index is -0.573. The van der Waals surface area contributed by atoms with Gasteiger partial charge in [-0.1, -0.05) is 188 Å². The van der Waals surface area contributed by atoms with Crippen molar-refractivity contribution in [1.29, 1.82) is 0 Å². The van der Waals surface area contributed by atoms with Crippen LogP contribution in [0, 0.1) is 0 Å². The summed E-state index contributed by atoms with van der Waals surface area (Å²) < 4.78 is 17.3. The van der Waals surface area contributed by atoms with Crippen molar-refractivity contribution in [3.8, 4) is 0 Å². The van der Waals surface area contributed by atoms with Crippen molar-refractivity contribution in [1.82, 2.24) is 0 Å². The summed E-state index contributed by atoms with van der Waals surface area (Å²) >= 11 is 0. The Hall–Kier alpha value is -3.44. The third-order valence-corrected chi connectivity index (χ3v) is 10.3. The molecule has 5 nitrogen and oxygen atoms in total. The minimum absolute atomic E-state index is 0.0465. The predicted octanol–water partition coefficient (Wildman–Crippen LogP) is 17.2. The van der Waals surface area contributed by atoms with E-state index in [1.807, 2.05) is 0 Å². The number of esters is 2. The maximum absolute atomic E-state index is 12.8. The van der Waals surface area contributed by atoms with Crippen molar-refractivity contribution >= 4 is 11.9 Å². The van der Waals surface area contributed by atoms with Crippen LogP contribution in [-0.2, 0) is 23.8 Å². The molecule has 0 aromatic rings. The minimum Gasteiger partial charge on any atom is -0.462 e. The van der Waals surface area contributed by atoms with E-state index in [4.69, 9.17) is 14.2 Å². The highest BCUT2D eigenvalue weighted by molar-refractivity contribution is 5.70. The fourth-order valence-corrected chi connectivity index (χ4v) is 6.54. The summed E-state index contributed by atoms with van der Waals surface area (Å²) in [5, 5.41) is 0. The second kappa shape index (κ2) is 51.9. The van der Waals surface area contributed by atoms with Crippen LogP contribution in [-0.4, -0.2) is 37.9 Å². The number of ether oxygens (including phenoxy) is 3. The molecular formula is C57H94O5. The van der Waals surface area contributed by atoms with Crippen molar-refractivity contribution in [2.45, 2.75) is 219 Å². The van der Waals surface area contributed by atoms with E-state index in [9.17, 15) is 9.59 Å². The van der Waals surface area contributed by atoms with Crippen molar-refractivity contribution in [2.24, 2.45) is 0 Å². The summed E-state index contributed by atoms with van der Waals surface area (Å²) in [5.74, 6) is -0.473. The first-order valence-corrected chi connectivity index (χ1v) is 25.4. The van der Waals surface area contributed by atoms with Gasteiger partial charge >= 0.3 is 11.9 Å². The molecule has 0 rings (SSSR count). The summed E-state index contributed by atoms with van der Waals surface area (Å²) in [6.07, 6.45) is 71.0. The molecule has 0 saturated heterocycles. The Labute approximate surface area is 383 Å². The van der Waals surface area contributed by atoms with E-state index < -0.39 is 6.10 Å². The Kier molecular flexibility index (Phi) is 49.0. The van der Waals surface area contributed by atoms with Crippen LogP contribution in [0.3, 0.4) is 0 Å². The Bertz CT molecular complexity index is 1250. The second-order valence-corrected chi connectivity index (χ2v) is 16.3. The van der Waals surface area contributed by atoms with Crippen LogP contribution < -0.4 is 0 Å². The molecule has 0 saturated carbocycles. The number of hydrogen-bond donors (Lipinski definition) is 0. The molecule has 0 aliphatic carbocycles. The lowest BCUT2D eigenvalue weighted by Crippen LogP contribution is -2.30. The second-order valence-electron chi connectivity index (χ2n) is 16.3. The third kappa shape index (κ3) is 49.2. The molecule has 0 aromatic heterocycles. The molecule has 0 radical (unpaired) electrons. The lowest BCUT2D eigenvalue weighted by Gasteiger charge is -2.18. The summed E-state index contributed by atoms with van der Waals surface area (Å²) in [6.45, 7) is 7.48. The molecule has 0 heterocycles. The van der Waals surface area contributed by atoms with Gasteiger partial charge in [-0.3, -0.25) is 9.59 Å². The van der Waals surface area contributed by atoms with Gasteiger partial charge < -0.3 is 14.2 Å². The molecule has 0 N–H and O–H groups in total. The lowest BCUT2D eigenvalue weighted by atomic mass is 10.1. The van der Waals surface area contributed by atoms with Gasteiger partial charge in [-0.2, -0.15) is 0 Å². The van der Waals surface area contributed by atoms with E-state index in [1.165, 1.54) is 64.2 Å². The van der Waals surface area contributed by atoms with Gasteiger partial charge in [0, 0.05) is 19.4 Å². The average Bonchev–Trinajstić information content (AvgIpc) is 3.27. The topological polar surface area (TPSA) is 61.8 Å². The zero-order chi connectivity index (χ0) is 44.9. The Morgan fingerprint density at radius 1 is 0.371 bits per heavy atom. The number of allylic oxidation sites excluding steroid dienone is 18. The maximum atomic E-state index is 12.8. The number of carbonyl (C=O) groups is 2. The van der Waals surface area contributed by atoms with Gasteiger partial charge in [0.2, 0.25) is 0 Å². The normalized spacial score (nSPS) is 13.1. The van der Waals surface area contributed by atoms with Crippen molar-refractivity contribution in [3.05, 3.63) is 109 Å². The van der Waals surface area contributed by atoms with Crippen LogP contribution in [0.15, 0.2) is 109 Å². The predicted molar refractivity (Wildman–Crippen MR) is 269 cm³/mol. The molecule has 352 valence electrons. The Balaban J connectivity index is 4.40. The van der Waals surface area contributed by atoms with Crippen LogP contribution in [0.4, 0.5) is 0 Å². The number of hydrogen-bond acceptors (Lipinski definition) is 5. The largest absolute Gasteiger partial charge is 0.462 e. The molecule has 0 aliphatic rings. The quantitative estimate of drug-likeness (QED) is 0.0347. The van der Waals surface area contributed by atoms with Gasteiger partial charge in [0.1, 0.15) is 6.61 Å². The third-order valence-electron chi connectivity index (χ3n) is 10.3. The standard InChI is InChI=1S/C57H94O5/c1-4-7-10-13-16-19-22-25-27-28-29-31-34-37-40-43-46-49-52-60-53-55(62-57(59)51-48-45-42-39-36-32-24-21-18-15-12-9-6-3)54-61-56(58)50-47-44-41-38-35-33-30-26-23-20-17-14-11-8-5-2/h7-8,10-11,16-17,19-21,24-27,29-31,35,38,55H,4-6,9,12-15,18,22-23,28,32-34,36-37,39-54H2,1-3H3/b10-7-,11-8-,19-16-,20-17-,24-21-,27-25-,30-26-,31-29-,38-35-. The van der Waals surface area contributed by atoms with Gasteiger partial charge in [-0.05, 0) is 122 Å². The van der Waals surface area contributed by atoms with E-state index in [2.05, 4.69) is 130 Å². The Morgan fingerprint density at radius 3 is 1.21 bits per heavy atom. The summed E-state index contributed by atoms with van der Waals surface area (Å²) in [5.41, 5.74) is 0. The number of rotatable bonds is 45. The maximum Gasteiger partial charge on any atom is 0.306 e. The summed E-state index contributed by atoms with van der Waals surface area (Å²) in [6, 6.07) is 0. The van der Waals surface area contributed by atoms with E-state index in [-0.39, 0.29) is 25.2 Å². The molecule has 1 unspecified atom stereocenters. The van der Waals surface area contributed by atoms with Crippen LogP contribution in [0.1, 0.15) is 213 Å². The zero-order valence-electron chi connectivity index (χ0n) is 40.3. The monoisotopic (exact) mass is 859 g/mol. The highest BCUT2D eigenvalue weighted by atomic mass is 16.6. The molecule has 0 spiro atoms. The van der Waals surface area contributed by atoms with E-state index >= 15 is 0 Å². The van der Waals surface area contributed by atoms with Gasteiger partial charge in [0.15, 0.2) is 6.10 Å². The Morgan fingerprint density at radius 2 is 0.726 bits per heavy atom. The molecule has 5 heteroatoms. The van der Waals surface area contributed by atoms with Crippen LogP contribution >= 0.6 is 0 Å². The van der Waals surface area contributed by atoms with E-state index in [1.54, 1.807) is 0 Å². The fourth-order valence-electron chi connectivity index (χ4n) is 6.54. The first-order valence-electron chi connectivity index (χ1n) is 25.4. The molecule has 0 aromatic carbocycles. The van der Waals surface area contributed by atoms with E-state index in [0.717, 1.165) is 116 Å². The van der Waals surface area contributed by atoms with Crippen molar-refractivity contribution in [2.75, 3.05) is 19.8 Å². The highest BCUT2D eigenvalue weighted by Crippen LogP contribution is 2.12. The molecule has 62 heavy (non-hydrogen) atoms. The van der Waals surface area contributed by atoms with Crippen LogP contribution in [0.2, 0.25) is 0 Å². The van der Waals surface area contributed by atoms with Crippen LogP contribution in [0.5, 0.6) is 0 Å². The molecule has 1 atom stereocenters. The van der Waals surface area contributed by atoms with Gasteiger partial charge in [0.05, 0.1) is 6.61 Å². The molecule has 0 bridgehead atoms. The summed E-state index contributed by atoms with van der Waals surface area (Å²) in [7, 11) is 0. The average molecular weight is 859 g/mol. The molecule has 0 fully saturated rings. The summed E-state index contributed by atoms with van der Waals surface area (Å²) in [4.78, 5) is 25.4. The SMILES string of the molecule is CC/C=C\C/C=C\C/C=C\C/C=C\CCCCCCCOCC(COC(=O)CCCC/C=C\C/C=C\C/C=C\C/C=C\CC)OC(=O)CCCCCCC/C=C\CCCCCC. The van der Waals surface area contributed by atoms with Gasteiger partial charge in [-0.25, -0.2) is 0 Å². The first kappa shape index (κ1) is 58.6. The first-order chi connectivity index (χ1) is 30.6. The van der Waals surface area contributed by atoms with E-state index in [0.29, 0.717) is 19.4 Å². The van der Waals surface area contributed by atoms with Crippen molar-refractivity contribution < 1.29 is 23.8 Å². The van der Waals surface area contributed by atoms with Gasteiger partial charge in [0.25, 0.3) is 0 Å². The van der Waals surface area contributed by atoms with Gasteiger partial charge in [-0.15, -0.1) is 0 Å². The van der Waals surface area contributed by atoms with Crippen LogP contribution in [0.25, 0.3) is 0 Å². The highest BCUT2D eigenvalue weighted by Gasteiger charge is 2.17. The molecule has 0 aliphatic heterocycles. The van der Waals surface area contributed by atoms with Crippen molar-refractivity contribution in [3.63, 3.8) is 0 Å². The lowest BCUT2D eigenvalue weighted by molar-refractivity contribution is -0.163. The smallest absolute Gasteiger partial charge is 0.306 e. The fraction of sp³-hybridized carbons (Fsp3) is 0.649. The zero-order valence-corrected chi connectivity index (χ0v) is 40.3. The number of carbonyl (C=O) groups excluding carboxylic acids is 2. The molecule has 0 amide bonds. The molecular weight excluding hydrogens is 765 g/mol.